The van der Waals surface area contributed by atoms with E-state index in [0.717, 1.165) is 22.8 Å². The van der Waals surface area contributed by atoms with Crippen LogP contribution in [-0.4, -0.2) is 14.8 Å². The molecule has 0 spiro atoms. The fourth-order valence-corrected chi connectivity index (χ4v) is 1.72. The van der Waals surface area contributed by atoms with Crippen LogP contribution in [0.4, 0.5) is 0 Å². The molecule has 4 nitrogen and oxygen atoms in total. The van der Waals surface area contributed by atoms with E-state index < -0.39 is 0 Å². The van der Waals surface area contributed by atoms with Gasteiger partial charge in [-0.2, -0.15) is 5.10 Å². The average Bonchev–Trinajstić information content (AvgIpc) is 2.58. The topological polar surface area (TPSA) is 56.7 Å². The van der Waals surface area contributed by atoms with Gasteiger partial charge in [0.2, 0.25) is 0 Å². The summed E-state index contributed by atoms with van der Waals surface area (Å²) < 4.78 is 1.96. The second-order valence-electron chi connectivity index (χ2n) is 3.91. The van der Waals surface area contributed by atoms with Gasteiger partial charge in [0.15, 0.2) is 0 Å². The number of aryl methyl sites for hydroxylation is 2. The van der Waals surface area contributed by atoms with Gasteiger partial charge in [0.1, 0.15) is 0 Å². The van der Waals surface area contributed by atoms with E-state index in [2.05, 4.69) is 16.1 Å². The molecule has 0 atom stereocenters. The SMILES string of the molecule is Cc1cc(C)n(Cc2cccc(CN)n2)n1. The maximum absolute atomic E-state index is 5.56. The summed E-state index contributed by atoms with van der Waals surface area (Å²) in [6.07, 6.45) is 0. The van der Waals surface area contributed by atoms with Gasteiger partial charge in [-0.15, -0.1) is 0 Å². The van der Waals surface area contributed by atoms with Gasteiger partial charge >= 0.3 is 0 Å². The van der Waals surface area contributed by atoms with Crippen LogP contribution in [0.25, 0.3) is 0 Å². The number of rotatable bonds is 3. The molecule has 2 aromatic heterocycles. The summed E-state index contributed by atoms with van der Waals surface area (Å²) in [4.78, 5) is 4.45. The van der Waals surface area contributed by atoms with Gasteiger partial charge < -0.3 is 5.73 Å². The van der Waals surface area contributed by atoms with Gasteiger partial charge in [-0.1, -0.05) is 6.07 Å². The Hall–Kier alpha value is -1.68. The minimum Gasteiger partial charge on any atom is -0.325 e. The van der Waals surface area contributed by atoms with Gasteiger partial charge in [0.05, 0.1) is 23.6 Å². The summed E-state index contributed by atoms with van der Waals surface area (Å²) in [6.45, 7) is 5.22. The third kappa shape index (κ3) is 2.28. The highest BCUT2D eigenvalue weighted by Gasteiger charge is 2.03. The molecule has 0 aliphatic rings. The molecule has 0 bridgehead atoms. The molecule has 0 unspecified atom stereocenters. The first-order chi connectivity index (χ1) is 7.69. The normalized spacial score (nSPS) is 10.7. The molecule has 0 saturated carbocycles. The van der Waals surface area contributed by atoms with Crippen LogP contribution in [0, 0.1) is 13.8 Å². The molecular formula is C12H16N4. The van der Waals surface area contributed by atoms with Crippen LogP contribution >= 0.6 is 0 Å². The predicted molar refractivity (Wildman–Crippen MR) is 62.9 cm³/mol. The van der Waals surface area contributed by atoms with Crippen molar-refractivity contribution in [1.29, 1.82) is 0 Å². The number of pyridine rings is 1. The van der Waals surface area contributed by atoms with Gasteiger partial charge in [0.25, 0.3) is 0 Å². The lowest BCUT2D eigenvalue weighted by molar-refractivity contribution is 0.644. The Morgan fingerprint density at radius 3 is 2.62 bits per heavy atom. The Bertz CT molecular complexity index is 488. The fourth-order valence-electron chi connectivity index (χ4n) is 1.72. The fraction of sp³-hybridized carbons (Fsp3) is 0.333. The van der Waals surface area contributed by atoms with Crippen molar-refractivity contribution >= 4 is 0 Å². The van der Waals surface area contributed by atoms with Gasteiger partial charge in [0, 0.05) is 12.2 Å². The Labute approximate surface area is 95.1 Å². The van der Waals surface area contributed by atoms with Gasteiger partial charge in [-0.3, -0.25) is 9.67 Å². The first-order valence-electron chi connectivity index (χ1n) is 5.35. The van der Waals surface area contributed by atoms with E-state index in [4.69, 9.17) is 5.73 Å². The molecule has 2 rings (SSSR count). The summed E-state index contributed by atoms with van der Waals surface area (Å²) in [5, 5.41) is 4.41. The molecule has 2 aromatic rings. The molecular weight excluding hydrogens is 200 g/mol. The van der Waals surface area contributed by atoms with E-state index >= 15 is 0 Å². The van der Waals surface area contributed by atoms with Crippen molar-refractivity contribution in [1.82, 2.24) is 14.8 Å². The average molecular weight is 216 g/mol. The van der Waals surface area contributed by atoms with Crippen molar-refractivity contribution in [3.05, 3.63) is 47.0 Å². The largest absolute Gasteiger partial charge is 0.325 e. The zero-order valence-electron chi connectivity index (χ0n) is 9.64. The lowest BCUT2D eigenvalue weighted by Gasteiger charge is -2.05. The van der Waals surface area contributed by atoms with E-state index in [-0.39, 0.29) is 0 Å². The number of nitrogens with two attached hydrogens (primary N) is 1. The predicted octanol–water partition coefficient (Wildman–Crippen LogP) is 1.40. The summed E-state index contributed by atoms with van der Waals surface area (Å²) in [6, 6.07) is 7.98. The summed E-state index contributed by atoms with van der Waals surface area (Å²) >= 11 is 0. The van der Waals surface area contributed by atoms with E-state index in [9.17, 15) is 0 Å². The molecule has 0 saturated heterocycles. The van der Waals surface area contributed by atoms with E-state index in [1.165, 1.54) is 0 Å². The number of hydrogen-bond donors (Lipinski definition) is 1. The van der Waals surface area contributed by atoms with E-state index in [1.54, 1.807) is 0 Å². The summed E-state index contributed by atoms with van der Waals surface area (Å²) in [7, 11) is 0. The van der Waals surface area contributed by atoms with E-state index in [0.29, 0.717) is 13.1 Å². The van der Waals surface area contributed by atoms with Crippen LogP contribution in [0.5, 0.6) is 0 Å². The molecule has 0 radical (unpaired) electrons. The van der Waals surface area contributed by atoms with Crippen LogP contribution < -0.4 is 5.73 Å². The third-order valence-electron chi connectivity index (χ3n) is 2.49. The highest BCUT2D eigenvalue weighted by molar-refractivity contribution is 5.13. The van der Waals surface area contributed by atoms with Gasteiger partial charge in [-0.05, 0) is 32.0 Å². The Kier molecular flexibility index (Phi) is 3.01. The minimum atomic E-state index is 0.477. The number of aromatic nitrogens is 3. The minimum absolute atomic E-state index is 0.477. The molecule has 0 aliphatic heterocycles. The van der Waals surface area contributed by atoms with Crippen LogP contribution in [0.2, 0.25) is 0 Å². The van der Waals surface area contributed by atoms with Crippen LogP contribution in [0.3, 0.4) is 0 Å². The molecule has 0 aliphatic carbocycles. The summed E-state index contributed by atoms with van der Waals surface area (Å²) in [5.74, 6) is 0. The van der Waals surface area contributed by atoms with Crippen LogP contribution in [0.1, 0.15) is 22.8 Å². The van der Waals surface area contributed by atoms with Crippen LogP contribution in [0.15, 0.2) is 24.3 Å². The molecule has 0 aromatic carbocycles. The lowest BCUT2D eigenvalue weighted by atomic mass is 10.3. The van der Waals surface area contributed by atoms with Crippen molar-refractivity contribution in [2.45, 2.75) is 26.9 Å². The molecule has 4 heteroatoms. The van der Waals surface area contributed by atoms with Crippen molar-refractivity contribution < 1.29 is 0 Å². The van der Waals surface area contributed by atoms with Crippen molar-refractivity contribution in [3.63, 3.8) is 0 Å². The standard InChI is InChI=1S/C12H16N4/c1-9-6-10(2)16(15-9)8-12-5-3-4-11(7-13)14-12/h3-6H,7-8,13H2,1-2H3. The first-order valence-corrected chi connectivity index (χ1v) is 5.35. The van der Waals surface area contributed by atoms with Gasteiger partial charge in [-0.25, -0.2) is 0 Å². The Morgan fingerprint density at radius 1 is 1.25 bits per heavy atom. The van der Waals surface area contributed by atoms with Crippen molar-refractivity contribution in [2.75, 3.05) is 0 Å². The molecule has 2 heterocycles. The maximum atomic E-state index is 5.56. The second kappa shape index (κ2) is 4.45. The van der Waals surface area contributed by atoms with Crippen LogP contribution in [-0.2, 0) is 13.1 Å². The quantitative estimate of drug-likeness (QED) is 0.843. The highest BCUT2D eigenvalue weighted by atomic mass is 15.3. The highest BCUT2D eigenvalue weighted by Crippen LogP contribution is 2.06. The molecule has 84 valence electrons. The molecule has 0 fully saturated rings. The van der Waals surface area contributed by atoms with Crippen molar-refractivity contribution in [3.8, 4) is 0 Å². The Balaban J connectivity index is 2.23. The second-order valence-corrected chi connectivity index (χ2v) is 3.91. The first kappa shape index (κ1) is 10.8. The van der Waals surface area contributed by atoms with Crippen molar-refractivity contribution in [2.24, 2.45) is 5.73 Å². The number of hydrogen-bond acceptors (Lipinski definition) is 3. The monoisotopic (exact) mass is 216 g/mol. The number of nitrogens with zero attached hydrogens (tertiary/aromatic N) is 3. The maximum Gasteiger partial charge on any atom is 0.0834 e. The summed E-state index contributed by atoms with van der Waals surface area (Å²) in [5.41, 5.74) is 9.66. The van der Waals surface area contributed by atoms with E-state index in [1.807, 2.05) is 36.7 Å². The molecule has 16 heavy (non-hydrogen) atoms. The molecule has 2 N–H and O–H groups in total. The lowest BCUT2D eigenvalue weighted by Crippen LogP contribution is -2.08. The zero-order chi connectivity index (χ0) is 11.5. The Morgan fingerprint density at radius 2 is 2.00 bits per heavy atom. The third-order valence-corrected chi connectivity index (χ3v) is 2.49. The zero-order valence-corrected chi connectivity index (χ0v) is 9.64. The molecule has 0 amide bonds. The smallest absolute Gasteiger partial charge is 0.0834 e.